The van der Waals surface area contributed by atoms with Crippen molar-refractivity contribution in [3.8, 4) is 5.75 Å². The first-order chi connectivity index (χ1) is 15.1. The first-order valence-corrected chi connectivity index (χ1v) is 13.2. The standard InChI is InChI=1S/C28H44F2O/c1-3-5-6-7-8-9-20-31-26-19-18-25(27(29)28(26)30)24-16-14-23(15-17-24)22-12-10-21(4-2)11-13-22/h18-19,21-24H,3-17,20H2,1-2H3/t21-,22-,23?,24?. The highest BCUT2D eigenvalue weighted by molar-refractivity contribution is 5.33. The third-order valence-electron chi connectivity index (χ3n) is 8.18. The topological polar surface area (TPSA) is 9.23 Å². The molecule has 0 aromatic heterocycles. The van der Waals surface area contributed by atoms with Gasteiger partial charge in [-0.25, -0.2) is 4.39 Å². The van der Waals surface area contributed by atoms with Gasteiger partial charge in [0, 0.05) is 0 Å². The maximum Gasteiger partial charge on any atom is 0.200 e. The average molecular weight is 435 g/mol. The van der Waals surface area contributed by atoms with E-state index in [1.807, 2.05) is 0 Å². The Kier molecular flexibility index (Phi) is 10.1. The van der Waals surface area contributed by atoms with Gasteiger partial charge in [0.05, 0.1) is 6.61 Å². The molecule has 0 bridgehead atoms. The molecule has 31 heavy (non-hydrogen) atoms. The van der Waals surface area contributed by atoms with Gasteiger partial charge in [-0.2, -0.15) is 4.39 Å². The highest BCUT2D eigenvalue weighted by Crippen LogP contribution is 2.45. The van der Waals surface area contributed by atoms with Crippen molar-refractivity contribution < 1.29 is 13.5 Å². The molecule has 0 aliphatic heterocycles. The van der Waals surface area contributed by atoms with E-state index in [9.17, 15) is 8.78 Å². The van der Waals surface area contributed by atoms with Crippen molar-refractivity contribution in [1.29, 1.82) is 0 Å². The van der Waals surface area contributed by atoms with Crippen LogP contribution in [0, 0.1) is 29.4 Å². The van der Waals surface area contributed by atoms with Crippen molar-refractivity contribution in [2.24, 2.45) is 17.8 Å². The second kappa shape index (κ2) is 12.8. The minimum Gasteiger partial charge on any atom is -0.490 e. The zero-order valence-corrected chi connectivity index (χ0v) is 19.9. The summed E-state index contributed by atoms with van der Waals surface area (Å²) in [6, 6.07) is 3.44. The van der Waals surface area contributed by atoms with E-state index in [0.717, 1.165) is 43.4 Å². The quantitative estimate of drug-likeness (QED) is 0.315. The Morgan fingerprint density at radius 1 is 0.742 bits per heavy atom. The summed E-state index contributed by atoms with van der Waals surface area (Å²) in [4.78, 5) is 0. The summed E-state index contributed by atoms with van der Waals surface area (Å²) in [5.41, 5.74) is 0.567. The Morgan fingerprint density at radius 2 is 1.35 bits per heavy atom. The first kappa shape index (κ1) is 24.5. The Labute approximate surface area is 189 Å². The molecule has 2 saturated carbocycles. The number of ether oxygens (including phenoxy) is 1. The molecule has 0 radical (unpaired) electrons. The molecule has 3 heteroatoms. The number of hydrogen-bond donors (Lipinski definition) is 0. The van der Waals surface area contributed by atoms with Crippen molar-refractivity contribution in [3.63, 3.8) is 0 Å². The number of halogens is 2. The van der Waals surface area contributed by atoms with Crippen LogP contribution in [0.4, 0.5) is 8.78 Å². The second-order valence-corrected chi connectivity index (χ2v) is 10.2. The number of unbranched alkanes of at least 4 members (excludes halogenated alkanes) is 5. The largest absolute Gasteiger partial charge is 0.490 e. The summed E-state index contributed by atoms with van der Waals surface area (Å²) < 4.78 is 35.0. The van der Waals surface area contributed by atoms with Crippen LogP contribution in [0.5, 0.6) is 5.75 Å². The van der Waals surface area contributed by atoms with Crippen LogP contribution in [-0.4, -0.2) is 6.61 Å². The average Bonchev–Trinajstić information content (AvgIpc) is 2.81. The molecular formula is C28H44F2O. The van der Waals surface area contributed by atoms with E-state index in [0.29, 0.717) is 12.2 Å². The van der Waals surface area contributed by atoms with Gasteiger partial charge in [0.1, 0.15) is 0 Å². The molecule has 1 aromatic rings. The molecule has 0 amide bonds. The van der Waals surface area contributed by atoms with E-state index in [2.05, 4.69) is 13.8 Å². The summed E-state index contributed by atoms with van der Waals surface area (Å²) in [6.45, 7) is 4.98. The van der Waals surface area contributed by atoms with E-state index >= 15 is 0 Å². The van der Waals surface area contributed by atoms with Crippen LogP contribution in [0.15, 0.2) is 12.1 Å². The van der Waals surface area contributed by atoms with Crippen molar-refractivity contribution in [1.82, 2.24) is 0 Å². The van der Waals surface area contributed by atoms with Crippen LogP contribution < -0.4 is 4.74 Å². The van der Waals surface area contributed by atoms with Crippen molar-refractivity contribution in [3.05, 3.63) is 29.3 Å². The summed E-state index contributed by atoms with van der Waals surface area (Å²) in [5.74, 6) is 1.37. The maximum absolute atomic E-state index is 14.8. The predicted molar refractivity (Wildman–Crippen MR) is 126 cm³/mol. The third kappa shape index (κ3) is 6.93. The normalized spacial score (nSPS) is 26.7. The van der Waals surface area contributed by atoms with Crippen LogP contribution in [0.2, 0.25) is 0 Å². The van der Waals surface area contributed by atoms with Gasteiger partial charge in [-0.3, -0.25) is 0 Å². The van der Waals surface area contributed by atoms with Gasteiger partial charge in [0.2, 0.25) is 5.82 Å². The molecule has 0 unspecified atom stereocenters. The molecule has 1 nitrogen and oxygen atoms in total. The summed E-state index contributed by atoms with van der Waals surface area (Å²) in [6.07, 6.45) is 18.1. The van der Waals surface area contributed by atoms with Gasteiger partial charge in [0.15, 0.2) is 11.6 Å². The zero-order chi connectivity index (χ0) is 22.1. The van der Waals surface area contributed by atoms with E-state index in [-0.39, 0.29) is 11.7 Å². The van der Waals surface area contributed by atoms with E-state index in [1.54, 1.807) is 12.1 Å². The van der Waals surface area contributed by atoms with Gasteiger partial charge < -0.3 is 4.74 Å². The minimum atomic E-state index is -0.788. The molecule has 2 aliphatic rings. The van der Waals surface area contributed by atoms with Crippen LogP contribution in [-0.2, 0) is 0 Å². The lowest BCUT2D eigenvalue weighted by molar-refractivity contribution is 0.158. The van der Waals surface area contributed by atoms with Crippen molar-refractivity contribution in [2.45, 2.75) is 116 Å². The van der Waals surface area contributed by atoms with Crippen molar-refractivity contribution in [2.75, 3.05) is 6.61 Å². The van der Waals surface area contributed by atoms with Gasteiger partial charge >= 0.3 is 0 Å². The van der Waals surface area contributed by atoms with Crippen molar-refractivity contribution >= 4 is 0 Å². The fourth-order valence-corrected chi connectivity index (χ4v) is 6.01. The van der Waals surface area contributed by atoms with Gasteiger partial charge in [-0.1, -0.05) is 71.3 Å². The Bertz CT molecular complexity index is 643. The summed E-state index contributed by atoms with van der Waals surface area (Å²) >= 11 is 0. The van der Waals surface area contributed by atoms with Gasteiger partial charge in [-0.05, 0) is 80.2 Å². The molecule has 2 fully saturated rings. The van der Waals surface area contributed by atoms with E-state index in [1.165, 1.54) is 70.6 Å². The number of rotatable bonds is 11. The molecule has 2 aliphatic carbocycles. The van der Waals surface area contributed by atoms with Crippen LogP contribution in [0.1, 0.15) is 122 Å². The molecule has 0 atom stereocenters. The van der Waals surface area contributed by atoms with E-state index < -0.39 is 11.6 Å². The van der Waals surface area contributed by atoms with Gasteiger partial charge in [-0.15, -0.1) is 0 Å². The minimum absolute atomic E-state index is 0.0798. The second-order valence-electron chi connectivity index (χ2n) is 10.2. The van der Waals surface area contributed by atoms with E-state index in [4.69, 9.17) is 4.74 Å². The molecule has 3 rings (SSSR count). The smallest absolute Gasteiger partial charge is 0.200 e. The molecule has 1 aromatic carbocycles. The lowest BCUT2D eigenvalue weighted by atomic mass is 9.68. The monoisotopic (exact) mass is 434 g/mol. The number of hydrogen-bond acceptors (Lipinski definition) is 1. The molecule has 0 spiro atoms. The maximum atomic E-state index is 14.8. The fourth-order valence-electron chi connectivity index (χ4n) is 6.01. The zero-order valence-electron chi connectivity index (χ0n) is 19.9. The fraction of sp³-hybridized carbons (Fsp3) is 0.786. The van der Waals surface area contributed by atoms with Crippen LogP contribution in [0.3, 0.4) is 0 Å². The Hall–Kier alpha value is -1.12. The highest BCUT2D eigenvalue weighted by Gasteiger charge is 2.32. The molecule has 0 heterocycles. The van der Waals surface area contributed by atoms with Crippen LogP contribution in [0.25, 0.3) is 0 Å². The Morgan fingerprint density at radius 3 is 2.00 bits per heavy atom. The summed E-state index contributed by atoms with van der Waals surface area (Å²) in [7, 11) is 0. The third-order valence-corrected chi connectivity index (χ3v) is 8.18. The number of benzene rings is 1. The molecular weight excluding hydrogens is 390 g/mol. The lowest BCUT2D eigenvalue weighted by Gasteiger charge is -2.38. The Balaban J connectivity index is 1.45. The van der Waals surface area contributed by atoms with Gasteiger partial charge in [0.25, 0.3) is 0 Å². The SMILES string of the molecule is CCCCCCCCOc1ccc(C2CCC([C@H]3CC[C@H](CC)CC3)CC2)c(F)c1F. The molecule has 0 N–H and O–H groups in total. The highest BCUT2D eigenvalue weighted by atomic mass is 19.2. The predicted octanol–water partition coefficient (Wildman–Crippen LogP) is 9.19. The lowest BCUT2D eigenvalue weighted by Crippen LogP contribution is -2.25. The summed E-state index contributed by atoms with van der Waals surface area (Å²) in [5, 5.41) is 0. The molecule has 0 saturated heterocycles. The molecule has 176 valence electrons. The van der Waals surface area contributed by atoms with Crippen LogP contribution >= 0.6 is 0 Å². The first-order valence-electron chi connectivity index (χ1n) is 13.2.